The van der Waals surface area contributed by atoms with Gasteiger partial charge in [0, 0.05) is 42.0 Å². The van der Waals surface area contributed by atoms with Gasteiger partial charge in [-0.05, 0) is 43.2 Å². The minimum atomic E-state index is -2.79. The summed E-state index contributed by atoms with van der Waals surface area (Å²) in [4.78, 5) is 13.9. The van der Waals surface area contributed by atoms with Crippen LogP contribution in [-0.2, 0) is 0 Å². The number of fused-ring (bicyclic) bond motifs is 1. The summed E-state index contributed by atoms with van der Waals surface area (Å²) in [5.41, 5.74) is 1.01. The van der Waals surface area contributed by atoms with Gasteiger partial charge in [-0.3, -0.25) is 5.10 Å². The van der Waals surface area contributed by atoms with Gasteiger partial charge in [0.15, 0.2) is 0 Å². The second-order valence-electron chi connectivity index (χ2n) is 8.87. The number of nitrogens with one attached hydrogen (secondary N) is 2. The van der Waals surface area contributed by atoms with E-state index in [-0.39, 0.29) is 24.9 Å². The average Bonchev–Trinajstić information content (AvgIpc) is 3.14. The molecule has 0 bridgehead atoms. The number of H-pyrrole nitrogens is 1. The third-order valence-corrected chi connectivity index (χ3v) is 6.44. The Morgan fingerprint density at radius 1 is 1.37 bits per heavy atom. The predicted molar refractivity (Wildman–Crippen MR) is 113 cm³/mol. The monoisotopic (exact) mass is 442 g/mol. The minimum absolute atomic E-state index is 0.0542. The molecule has 0 spiro atoms. The van der Waals surface area contributed by atoms with E-state index >= 15 is 0 Å². The van der Waals surface area contributed by atoms with Crippen molar-refractivity contribution in [3.63, 3.8) is 0 Å². The number of carbonyl (C=O) groups is 1. The van der Waals surface area contributed by atoms with Crippen LogP contribution in [0.3, 0.4) is 0 Å². The number of alkyl halides is 2. The number of rotatable bonds is 6. The van der Waals surface area contributed by atoms with Crippen LogP contribution in [0, 0.1) is 11.3 Å². The minimum Gasteiger partial charge on any atom is -0.388 e. The van der Waals surface area contributed by atoms with Gasteiger partial charge in [-0.1, -0.05) is 25.4 Å². The molecule has 9 heteroatoms. The van der Waals surface area contributed by atoms with Crippen LogP contribution < -0.4 is 5.32 Å². The van der Waals surface area contributed by atoms with Crippen molar-refractivity contribution in [3.05, 3.63) is 28.9 Å². The van der Waals surface area contributed by atoms with Gasteiger partial charge in [-0.25, -0.2) is 13.6 Å². The molecule has 1 aliphatic heterocycles. The number of hydrogen-bond acceptors (Lipinski definition) is 3. The zero-order valence-corrected chi connectivity index (χ0v) is 18.3. The number of aromatic amines is 1. The van der Waals surface area contributed by atoms with Gasteiger partial charge in [0.05, 0.1) is 17.8 Å². The number of nitrogens with zero attached hydrogens (tertiary/aromatic N) is 2. The number of hydrogen-bond donors (Lipinski definition) is 3. The molecule has 1 aromatic heterocycles. The lowest BCUT2D eigenvalue weighted by Gasteiger charge is -2.43. The first kappa shape index (κ1) is 22.7. The largest absolute Gasteiger partial charge is 0.388 e. The third kappa shape index (κ3) is 5.03. The number of amides is 2. The second-order valence-corrected chi connectivity index (χ2v) is 9.30. The molecule has 30 heavy (non-hydrogen) atoms. The number of likely N-dealkylation sites (tertiary alicyclic amines) is 1. The first-order valence-corrected chi connectivity index (χ1v) is 10.6. The van der Waals surface area contributed by atoms with E-state index < -0.39 is 17.4 Å². The highest BCUT2D eigenvalue weighted by atomic mass is 35.5. The van der Waals surface area contributed by atoms with Crippen molar-refractivity contribution >= 4 is 28.5 Å². The topological polar surface area (TPSA) is 81.2 Å². The van der Waals surface area contributed by atoms with Gasteiger partial charge in [-0.2, -0.15) is 5.10 Å². The first-order chi connectivity index (χ1) is 14.0. The summed E-state index contributed by atoms with van der Waals surface area (Å²) in [5.74, 6) is -2.62. The molecule has 0 saturated carbocycles. The summed E-state index contributed by atoms with van der Waals surface area (Å²) in [6, 6.07) is 3.25. The Bertz CT molecular complexity index is 889. The van der Waals surface area contributed by atoms with Gasteiger partial charge in [-0.15, -0.1) is 0 Å². The molecule has 166 valence electrons. The molecule has 0 radical (unpaired) electrons. The number of aromatic nitrogens is 2. The summed E-state index contributed by atoms with van der Waals surface area (Å²) in [7, 11) is 0. The number of carbonyl (C=O) groups excluding carboxylic acids is 1. The summed E-state index contributed by atoms with van der Waals surface area (Å²) < 4.78 is 25.8. The Balaban J connectivity index is 1.62. The molecule has 2 aromatic rings. The van der Waals surface area contributed by atoms with Crippen molar-refractivity contribution < 1.29 is 18.7 Å². The van der Waals surface area contributed by atoms with Crippen LogP contribution in [0.4, 0.5) is 13.6 Å². The molecule has 3 rings (SSSR count). The number of urea groups is 1. The molecule has 2 amide bonds. The van der Waals surface area contributed by atoms with E-state index in [4.69, 9.17) is 11.6 Å². The molecular weight excluding hydrogens is 414 g/mol. The highest BCUT2D eigenvalue weighted by Gasteiger charge is 2.40. The Hall–Kier alpha value is -1.93. The van der Waals surface area contributed by atoms with Crippen LogP contribution in [-0.4, -0.2) is 51.8 Å². The fourth-order valence-corrected chi connectivity index (χ4v) is 4.45. The number of piperidine rings is 1. The smallest absolute Gasteiger partial charge is 0.317 e. The molecule has 2 heterocycles. The van der Waals surface area contributed by atoms with E-state index in [1.165, 1.54) is 0 Å². The summed E-state index contributed by atoms with van der Waals surface area (Å²) in [6.07, 6.45) is 1.96. The molecule has 6 nitrogen and oxygen atoms in total. The van der Waals surface area contributed by atoms with Crippen LogP contribution in [0.2, 0.25) is 5.02 Å². The molecule has 1 aliphatic rings. The van der Waals surface area contributed by atoms with E-state index in [0.717, 1.165) is 17.8 Å². The number of halogens is 3. The lowest BCUT2D eigenvalue weighted by molar-refractivity contribution is -0.0145. The Morgan fingerprint density at radius 2 is 2.03 bits per heavy atom. The van der Waals surface area contributed by atoms with Gasteiger partial charge < -0.3 is 15.3 Å². The maximum Gasteiger partial charge on any atom is 0.317 e. The lowest BCUT2D eigenvalue weighted by Crippen LogP contribution is -2.47. The molecule has 3 N–H and O–H groups in total. The van der Waals surface area contributed by atoms with Crippen LogP contribution >= 0.6 is 11.6 Å². The quantitative estimate of drug-likeness (QED) is 0.604. The van der Waals surface area contributed by atoms with Crippen molar-refractivity contribution in [2.75, 3.05) is 19.6 Å². The molecular formula is C21H29ClF2N4O2. The van der Waals surface area contributed by atoms with E-state index in [1.54, 1.807) is 23.2 Å². The molecule has 0 aliphatic carbocycles. The van der Waals surface area contributed by atoms with Gasteiger partial charge in [0.25, 0.3) is 0 Å². The Kier molecular flexibility index (Phi) is 6.57. The van der Waals surface area contributed by atoms with Crippen LogP contribution in [0.5, 0.6) is 0 Å². The van der Waals surface area contributed by atoms with E-state index in [0.29, 0.717) is 36.5 Å². The summed E-state index contributed by atoms with van der Waals surface area (Å²) in [5, 5.41) is 22.2. The summed E-state index contributed by atoms with van der Waals surface area (Å²) >= 11 is 6.23. The average molecular weight is 443 g/mol. The van der Waals surface area contributed by atoms with E-state index in [1.807, 2.05) is 13.8 Å². The zero-order chi connectivity index (χ0) is 22.1. The lowest BCUT2D eigenvalue weighted by atomic mass is 9.68. The highest BCUT2D eigenvalue weighted by Crippen LogP contribution is 2.46. The molecule has 1 saturated heterocycles. The van der Waals surface area contributed by atoms with Crippen molar-refractivity contribution in [2.45, 2.75) is 52.1 Å². The zero-order valence-electron chi connectivity index (χ0n) is 17.5. The Morgan fingerprint density at radius 3 is 2.67 bits per heavy atom. The number of benzene rings is 1. The fourth-order valence-electron chi connectivity index (χ4n) is 4.21. The van der Waals surface area contributed by atoms with Crippen LogP contribution in [0.1, 0.15) is 51.7 Å². The molecule has 1 aromatic carbocycles. The van der Waals surface area contributed by atoms with Gasteiger partial charge >= 0.3 is 6.03 Å². The first-order valence-electron chi connectivity index (χ1n) is 10.2. The van der Waals surface area contributed by atoms with E-state index in [2.05, 4.69) is 15.5 Å². The van der Waals surface area contributed by atoms with E-state index in [9.17, 15) is 18.7 Å². The molecule has 1 atom stereocenters. The maximum absolute atomic E-state index is 12.9. The molecule has 1 unspecified atom stereocenters. The van der Waals surface area contributed by atoms with Crippen LogP contribution in [0.25, 0.3) is 10.9 Å². The maximum atomic E-state index is 12.9. The van der Waals surface area contributed by atoms with Crippen molar-refractivity contribution in [3.8, 4) is 0 Å². The second kappa shape index (κ2) is 8.67. The highest BCUT2D eigenvalue weighted by molar-refractivity contribution is 6.31. The number of aliphatic hydroxyl groups is 1. The van der Waals surface area contributed by atoms with Gasteiger partial charge in [0.2, 0.25) is 5.92 Å². The summed E-state index contributed by atoms with van der Waals surface area (Å²) in [6.45, 7) is 5.86. The number of aliphatic hydroxyl groups excluding tert-OH is 1. The predicted octanol–water partition coefficient (Wildman–Crippen LogP) is 4.74. The van der Waals surface area contributed by atoms with Crippen molar-refractivity contribution in [1.29, 1.82) is 0 Å². The van der Waals surface area contributed by atoms with Crippen molar-refractivity contribution in [1.82, 2.24) is 20.4 Å². The van der Waals surface area contributed by atoms with Gasteiger partial charge in [0.1, 0.15) is 0 Å². The third-order valence-electron chi connectivity index (χ3n) is 6.22. The van der Waals surface area contributed by atoms with Crippen LogP contribution in [0.15, 0.2) is 18.3 Å². The fraction of sp³-hybridized carbons (Fsp3) is 0.619. The molecule has 1 fully saturated rings. The SMILES string of the molecule is CC(F)(F)CCNC(=O)N1CCC(C(C)(C)C(O)c2cc(Cl)cc3cn[nH]c23)CC1. The van der Waals surface area contributed by atoms with Crippen molar-refractivity contribution in [2.24, 2.45) is 11.3 Å². The standard InChI is InChI=1S/C21H29ClF2N4O2/c1-20(2,18(29)16-11-15(22)10-13-12-26-27-17(13)16)14-4-8-28(9-5-14)19(30)25-7-6-21(3,23)24/h10-12,14,18,29H,4-9H2,1-3H3,(H,25,30)(H,26,27). The Labute approximate surface area is 180 Å². The normalized spacial score (nSPS) is 17.4.